The van der Waals surface area contributed by atoms with E-state index in [1.807, 2.05) is 31.2 Å². The van der Waals surface area contributed by atoms with Crippen molar-refractivity contribution in [2.75, 3.05) is 18.9 Å². The number of carbonyl (C=O) groups is 1. The van der Waals surface area contributed by atoms with Gasteiger partial charge >= 0.3 is 0 Å². The van der Waals surface area contributed by atoms with Crippen molar-refractivity contribution in [3.05, 3.63) is 30.0 Å². The number of hydrogen-bond acceptors (Lipinski definition) is 5. The van der Waals surface area contributed by atoms with Gasteiger partial charge in [0, 0.05) is 24.0 Å². The molecule has 0 bridgehead atoms. The number of pyridine rings is 1. The van der Waals surface area contributed by atoms with Gasteiger partial charge in [-0.1, -0.05) is 19.9 Å². The highest BCUT2D eigenvalue weighted by Gasteiger charge is 2.24. The molecule has 1 saturated carbocycles. The number of carbonyl (C=O) groups excluding carboxylic acids is 1. The summed E-state index contributed by atoms with van der Waals surface area (Å²) in [7, 11) is 0. The molecule has 1 aromatic heterocycles. The van der Waals surface area contributed by atoms with Crippen LogP contribution in [0.3, 0.4) is 0 Å². The molecule has 2 aromatic rings. The number of nitrogens with two attached hydrogens (primary N) is 1. The topological polar surface area (TPSA) is 86.5 Å². The van der Waals surface area contributed by atoms with Crippen LogP contribution in [0.25, 0.3) is 10.9 Å². The van der Waals surface area contributed by atoms with Crippen molar-refractivity contribution in [2.45, 2.75) is 58.6 Å². The van der Waals surface area contributed by atoms with Crippen LogP contribution in [0.1, 0.15) is 45.2 Å². The van der Waals surface area contributed by atoms with Crippen LogP contribution in [0.4, 0.5) is 5.69 Å². The monoisotopic (exact) mass is 385 g/mol. The molecule has 1 fully saturated rings. The van der Waals surface area contributed by atoms with Gasteiger partial charge in [0.1, 0.15) is 12.4 Å². The summed E-state index contributed by atoms with van der Waals surface area (Å²) in [5.74, 6) is 1.19. The number of aryl methyl sites for hydroxylation is 1. The largest absolute Gasteiger partial charge is 0.490 e. The van der Waals surface area contributed by atoms with Gasteiger partial charge in [-0.05, 0) is 56.7 Å². The van der Waals surface area contributed by atoms with Crippen molar-refractivity contribution >= 4 is 22.5 Å². The number of nitrogens with one attached hydrogen (secondary N) is 1. The Kier molecular flexibility index (Phi) is 6.73. The van der Waals surface area contributed by atoms with Gasteiger partial charge in [-0.15, -0.1) is 0 Å². The summed E-state index contributed by atoms with van der Waals surface area (Å²) in [6.07, 6.45) is 3.72. The third-order valence-electron chi connectivity index (χ3n) is 4.97. The zero-order valence-corrected chi connectivity index (χ0v) is 17.0. The lowest BCUT2D eigenvalue weighted by atomic mass is 9.93. The minimum absolute atomic E-state index is 0.0340. The molecule has 0 saturated heterocycles. The summed E-state index contributed by atoms with van der Waals surface area (Å²) in [5, 5.41) is 3.95. The third kappa shape index (κ3) is 5.35. The van der Waals surface area contributed by atoms with E-state index in [4.69, 9.17) is 15.2 Å². The van der Waals surface area contributed by atoms with Crippen LogP contribution in [0.5, 0.6) is 5.75 Å². The van der Waals surface area contributed by atoms with Crippen LogP contribution in [-0.4, -0.2) is 36.3 Å². The van der Waals surface area contributed by atoms with E-state index >= 15 is 0 Å². The lowest BCUT2D eigenvalue weighted by Gasteiger charge is -2.30. The van der Waals surface area contributed by atoms with E-state index in [0.717, 1.165) is 48.0 Å². The summed E-state index contributed by atoms with van der Waals surface area (Å²) < 4.78 is 11.7. The van der Waals surface area contributed by atoms with Gasteiger partial charge in [-0.2, -0.15) is 0 Å². The molecule has 0 spiro atoms. The first-order chi connectivity index (χ1) is 13.4. The van der Waals surface area contributed by atoms with E-state index in [1.54, 1.807) is 0 Å². The normalized spacial score (nSPS) is 19.7. The van der Waals surface area contributed by atoms with Crippen LogP contribution >= 0.6 is 0 Å². The quantitative estimate of drug-likeness (QED) is 0.760. The number of benzene rings is 1. The van der Waals surface area contributed by atoms with Crippen molar-refractivity contribution in [2.24, 2.45) is 5.92 Å². The summed E-state index contributed by atoms with van der Waals surface area (Å²) in [5.41, 5.74) is 8.67. The first-order valence-electron chi connectivity index (χ1n) is 10.1. The van der Waals surface area contributed by atoms with E-state index in [9.17, 15) is 4.79 Å². The Bertz CT molecular complexity index is 814. The predicted molar refractivity (Wildman–Crippen MR) is 111 cm³/mol. The second-order valence-corrected chi connectivity index (χ2v) is 8.07. The van der Waals surface area contributed by atoms with E-state index in [2.05, 4.69) is 24.1 Å². The maximum Gasteiger partial charge on any atom is 0.246 e. The molecule has 28 heavy (non-hydrogen) atoms. The number of fused-ring (bicyclic) bond motifs is 1. The number of nitrogen functional groups attached to an aromatic ring is 1. The van der Waals surface area contributed by atoms with Gasteiger partial charge in [-0.25, -0.2) is 0 Å². The zero-order valence-electron chi connectivity index (χ0n) is 17.0. The number of ether oxygens (including phenoxy) is 2. The van der Waals surface area contributed by atoms with Crippen molar-refractivity contribution in [1.82, 2.24) is 10.3 Å². The fourth-order valence-electron chi connectivity index (χ4n) is 3.68. The highest BCUT2D eigenvalue weighted by atomic mass is 16.5. The molecule has 1 amide bonds. The second-order valence-electron chi connectivity index (χ2n) is 8.07. The Morgan fingerprint density at radius 1 is 1.29 bits per heavy atom. The minimum atomic E-state index is -0.0340. The number of rotatable bonds is 7. The highest BCUT2D eigenvalue weighted by molar-refractivity contribution is 5.95. The molecule has 3 N–H and O–H groups in total. The van der Waals surface area contributed by atoms with Gasteiger partial charge in [0.25, 0.3) is 0 Å². The smallest absolute Gasteiger partial charge is 0.246 e. The standard InChI is InChI=1S/C22H31N3O3/c1-14(2)12-27-13-21(26)25-16-7-9-17(10-8-16)28-20-6-4-5-19-22(20)18(23)11-15(3)24-19/h4-6,11,14,16-17H,7-10,12-13H2,1-3H3,(H2,23,24)(H,25,26)/t16-,17-. The van der Waals surface area contributed by atoms with Crippen molar-refractivity contribution in [1.29, 1.82) is 0 Å². The lowest BCUT2D eigenvalue weighted by Crippen LogP contribution is -2.41. The van der Waals surface area contributed by atoms with Gasteiger partial charge < -0.3 is 20.5 Å². The number of nitrogens with zero attached hydrogens (tertiary/aromatic N) is 1. The Hall–Kier alpha value is -2.34. The summed E-state index contributed by atoms with van der Waals surface area (Å²) in [4.78, 5) is 16.5. The van der Waals surface area contributed by atoms with Crippen LogP contribution in [0, 0.1) is 12.8 Å². The first kappa shape index (κ1) is 20.4. The fraction of sp³-hybridized carbons (Fsp3) is 0.545. The Balaban J connectivity index is 1.52. The molecule has 152 valence electrons. The number of amides is 1. The maximum atomic E-state index is 12.0. The third-order valence-corrected chi connectivity index (χ3v) is 4.97. The molecule has 0 aliphatic heterocycles. The van der Waals surface area contributed by atoms with Crippen molar-refractivity contribution in [3.8, 4) is 5.75 Å². The van der Waals surface area contributed by atoms with Gasteiger partial charge in [0.15, 0.2) is 0 Å². The average molecular weight is 386 g/mol. The molecule has 1 heterocycles. The van der Waals surface area contributed by atoms with E-state index in [1.165, 1.54) is 0 Å². The Morgan fingerprint density at radius 3 is 2.75 bits per heavy atom. The molecule has 1 aliphatic rings. The second kappa shape index (κ2) is 9.24. The van der Waals surface area contributed by atoms with Crippen LogP contribution in [0.15, 0.2) is 24.3 Å². The molecule has 3 rings (SSSR count). The number of aromatic nitrogens is 1. The molecule has 0 radical (unpaired) electrons. The minimum Gasteiger partial charge on any atom is -0.490 e. The molecule has 6 nitrogen and oxygen atoms in total. The lowest BCUT2D eigenvalue weighted by molar-refractivity contribution is -0.127. The van der Waals surface area contributed by atoms with Crippen molar-refractivity contribution < 1.29 is 14.3 Å². The van der Waals surface area contributed by atoms with E-state index in [-0.39, 0.29) is 24.7 Å². The molecule has 1 aromatic carbocycles. The number of anilines is 1. The molecule has 1 aliphatic carbocycles. The highest BCUT2D eigenvalue weighted by Crippen LogP contribution is 2.33. The summed E-state index contributed by atoms with van der Waals surface area (Å²) >= 11 is 0. The fourth-order valence-corrected chi connectivity index (χ4v) is 3.68. The summed E-state index contributed by atoms with van der Waals surface area (Å²) in [6.45, 7) is 6.82. The molecule has 0 unspecified atom stereocenters. The van der Waals surface area contributed by atoms with Crippen molar-refractivity contribution in [3.63, 3.8) is 0 Å². The van der Waals surface area contributed by atoms with Crippen LogP contribution in [0.2, 0.25) is 0 Å². The van der Waals surface area contributed by atoms with Gasteiger partial charge in [-0.3, -0.25) is 9.78 Å². The molecule has 0 atom stereocenters. The van der Waals surface area contributed by atoms with E-state index < -0.39 is 0 Å². The molecular formula is C22H31N3O3. The Labute approximate surface area is 166 Å². The van der Waals surface area contributed by atoms with Gasteiger partial charge in [0.2, 0.25) is 5.91 Å². The first-order valence-corrected chi connectivity index (χ1v) is 10.1. The Morgan fingerprint density at radius 2 is 2.04 bits per heavy atom. The number of hydrogen-bond donors (Lipinski definition) is 2. The van der Waals surface area contributed by atoms with Crippen LogP contribution in [-0.2, 0) is 9.53 Å². The SMILES string of the molecule is Cc1cc(N)c2c(O[C@H]3CC[C@H](NC(=O)COCC(C)C)CC3)cccc2n1. The molecular weight excluding hydrogens is 354 g/mol. The van der Waals surface area contributed by atoms with Gasteiger partial charge in [0.05, 0.1) is 17.0 Å². The van der Waals surface area contributed by atoms with Crippen LogP contribution < -0.4 is 15.8 Å². The maximum absolute atomic E-state index is 12.0. The average Bonchev–Trinajstić information content (AvgIpc) is 2.62. The van der Waals surface area contributed by atoms with E-state index in [0.29, 0.717) is 18.2 Å². The molecule has 6 heteroatoms. The predicted octanol–water partition coefficient (Wildman–Crippen LogP) is 3.60. The summed E-state index contributed by atoms with van der Waals surface area (Å²) in [6, 6.07) is 7.93. The zero-order chi connectivity index (χ0) is 20.1.